The van der Waals surface area contributed by atoms with Crippen molar-refractivity contribution in [2.75, 3.05) is 6.79 Å². The zero-order valence-corrected chi connectivity index (χ0v) is 26.4. The number of nitrogens with zero attached hydrogens (tertiary/aromatic N) is 2. The first-order valence-electron chi connectivity index (χ1n) is 15.3. The van der Waals surface area contributed by atoms with Crippen LogP contribution in [0.3, 0.4) is 0 Å². The molecule has 0 saturated carbocycles. The van der Waals surface area contributed by atoms with E-state index >= 15 is 0 Å². The summed E-state index contributed by atoms with van der Waals surface area (Å²) < 4.78 is 10.8. The summed E-state index contributed by atoms with van der Waals surface area (Å²) in [7, 11) is 0. The molecule has 2 aliphatic heterocycles. The number of fused-ring (bicyclic) bond motifs is 1. The third-order valence-corrected chi connectivity index (χ3v) is 8.25. The average molecular weight is 626 g/mol. The number of imide groups is 1. The van der Waals surface area contributed by atoms with Gasteiger partial charge in [-0.3, -0.25) is 14.4 Å². The molecule has 2 atom stereocenters. The number of carbonyl (C=O) groups is 4. The van der Waals surface area contributed by atoms with Crippen molar-refractivity contribution >= 4 is 36.0 Å². The summed E-state index contributed by atoms with van der Waals surface area (Å²) in [6.45, 7) is 7.36. The average Bonchev–Trinajstić information content (AvgIpc) is 3.56. The Hall–Kier alpha value is -5.12. The Balaban J connectivity index is 1.35. The van der Waals surface area contributed by atoms with Gasteiger partial charge in [0.25, 0.3) is 5.91 Å². The quantitative estimate of drug-likeness (QED) is 0.190. The molecule has 5 rings (SSSR count). The van der Waals surface area contributed by atoms with Crippen LogP contribution in [0.5, 0.6) is 11.5 Å². The molecule has 2 N–H and O–H groups in total. The van der Waals surface area contributed by atoms with E-state index in [1.807, 2.05) is 80.6 Å². The van der Waals surface area contributed by atoms with E-state index < -0.39 is 47.9 Å². The van der Waals surface area contributed by atoms with Crippen LogP contribution in [0, 0.1) is 5.92 Å². The second kappa shape index (κ2) is 13.5. The van der Waals surface area contributed by atoms with Crippen molar-refractivity contribution in [2.45, 2.75) is 64.7 Å². The van der Waals surface area contributed by atoms with Gasteiger partial charge in [-0.2, -0.15) is 0 Å². The summed E-state index contributed by atoms with van der Waals surface area (Å²) in [5, 5.41) is 12.5. The first-order chi connectivity index (χ1) is 21.9. The van der Waals surface area contributed by atoms with E-state index in [2.05, 4.69) is 5.32 Å². The Kier molecular flexibility index (Phi) is 9.46. The predicted molar refractivity (Wildman–Crippen MR) is 173 cm³/mol. The van der Waals surface area contributed by atoms with Crippen molar-refractivity contribution in [3.05, 3.63) is 95.1 Å². The van der Waals surface area contributed by atoms with Crippen molar-refractivity contribution in [1.82, 2.24) is 15.1 Å². The first-order valence-corrected chi connectivity index (χ1v) is 15.3. The second-order valence-electron chi connectivity index (χ2n) is 12.5. The molecule has 46 heavy (non-hydrogen) atoms. The standard InChI is InChI=1S/C36H39N3O7/c1-23(2)18-29(33(42)37-28(20-32(40)41)27-16-17-30-31(19-27)46-22-45-30)39-34(43)36(3,4)38(35(39)44)21-26-14-12-25(13-15-26)11-10-24-8-6-5-7-9-24/h5-17,19,23,28-29H,18,20-22H2,1-4H3,(H,37,42)(H,40,41)/b11-10+/t28-,29-/m1/s1. The summed E-state index contributed by atoms with van der Waals surface area (Å²) in [6, 6.07) is 20.0. The minimum Gasteiger partial charge on any atom is -0.481 e. The van der Waals surface area contributed by atoms with Crippen molar-refractivity contribution in [1.29, 1.82) is 0 Å². The molecule has 3 aromatic carbocycles. The molecule has 2 heterocycles. The number of amides is 4. The van der Waals surface area contributed by atoms with Gasteiger partial charge in [-0.15, -0.1) is 0 Å². The van der Waals surface area contributed by atoms with Gasteiger partial charge in [-0.05, 0) is 60.6 Å². The van der Waals surface area contributed by atoms with Crippen LogP contribution in [0.15, 0.2) is 72.8 Å². The third-order valence-electron chi connectivity index (χ3n) is 8.25. The number of carbonyl (C=O) groups excluding carboxylic acids is 3. The monoisotopic (exact) mass is 625 g/mol. The summed E-state index contributed by atoms with van der Waals surface area (Å²) in [4.78, 5) is 56.0. The highest BCUT2D eigenvalue weighted by atomic mass is 16.7. The molecule has 3 aromatic rings. The highest BCUT2D eigenvalue weighted by Crippen LogP contribution is 2.36. The van der Waals surface area contributed by atoms with Crippen LogP contribution in [-0.4, -0.2) is 57.1 Å². The lowest BCUT2D eigenvalue weighted by molar-refractivity contribution is -0.140. The zero-order chi connectivity index (χ0) is 33.0. The molecule has 2 aliphatic rings. The number of carboxylic acid groups (broad SMARTS) is 1. The maximum atomic E-state index is 14.0. The Morgan fingerprint density at radius 2 is 1.59 bits per heavy atom. The predicted octanol–water partition coefficient (Wildman–Crippen LogP) is 5.88. The minimum absolute atomic E-state index is 0.0477. The van der Waals surface area contributed by atoms with Crippen LogP contribution in [0.2, 0.25) is 0 Å². The van der Waals surface area contributed by atoms with Crippen LogP contribution >= 0.6 is 0 Å². The Morgan fingerprint density at radius 3 is 2.24 bits per heavy atom. The number of hydrogen-bond acceptors (Lipinski definition) is 6. The Labute approximate surface area is 268 Å². The maximum absolute atomic E-state index is 14.0. The lowest BCUT2D eigenvalue weighted by atomic mass is 9.97. The largest absolute Gasteiger partial charge is 0.481 e. The van der Waals surface area contributed by atoms with Crippen LogP contribution < -0.4 is 14.8 Å². The molecule has 0 unspecified atom stereocenters. The van der Waals surface area contributed by atoms with Gasteiger partial charge in [0.15, 0.2) is 11.5 Å². The van der Waals surface area contributed by atoms with Crippen LogP contribution in [0.25, 0.3) is 12.2 Å². The molecule has 10 heteroatoms. The third kappa shape index (κ3) is 7.06. The zero-order valence-electron chi connectivity index (χ0n) is 26.4. The lowest BCUT2D eigenvalue weighted by Crippen LogP contribution is -2.52. The molecule has 1 fully saturated rings. The van der Waals surface area contributed by atoms with Gasteiger partial charge in [-0.25, -0.2) is 9.69 Å². The molecule has 0 aromatic heterocycles. The SMILES string of the molecule is CC(C)C[C@H](C(=O)N[C@H](CC(=O)O)c1ccc2c(c1)OCO2)N1C(=O)N(Cc2ccc(/C=C/c3ccccc3)cc2)C(C)(C)C1=O. The van der Waals surface area contributed by atoms with Gasteiger partial charge in [-0.1, -0.05) is 86.7 Å². The number of benzene rings is 3. The van der Waals surface area contributed by atoms with E-state index in [-0.39, 0.29) is 25.7 Å². The molecule has 10 nitrogen and oxygen atoms in total. The summed E-state index contributed by atoms with van der Waals surface area (Å²) in [5.41, 5.74) is 2.20. The minimum atomic E-state index is -1.21. The Morgan fingerprint density at radius 1 is 0.935 bits per heavy atom. The fourth-order valence-corrected chi connectivity index (χ4v) is 5.68. The molecular weight excluding hydrogens is 586 g/mol. The highest BCUT2D eigenvalue weighted by molar-refractivity contribution is 6.09. The number of nitrogens with one attached hydrogen (secondary N) is 1. The van der Waals surface area contributed by atoms with E-state index in [0.29, 0.717) is 17.1 Å². The summed E-state index contributed by atoms with van der Waals surface area (Å²) in [5.74, 6) is -1.29. The summed E-state index contributed by atoms with van der Waals surface area (Å²) >= 11 is 0. The number of carboxylic acids is 1. The number of ether oxygens (including phenoxy) is 2. The fraction of sp³-hybridized carbons (Fsp3) is 0.333. The number of urea groups is 1. The molecule has 0 bridgehead atoms. The Bertz CT molecular complexity index is 1630. The van der Waals surface area contributed by atoms with Gasteiger partial charge < -0.3 is 24.8 Å². The summed E-state index contributed by atoms with van der Waals surface area (Å²) in [6.07, 6.45) is 3.82. The highest BCUT2D eigenvalue weighted by Gasteiger charge is 2.54. The van der Waals surface area contributed by atoms with Gasteiger partial charge in [0.05, 0.1) is 12.5 Å². The van der Waals surface area contributed by atoms with Crippen molar-refractivity contribution in [3.8, 4) is 11.5 Å². The van der Waals surface area contributed by atoms with Crippen molar-refractivity contribution in [3.63, 3.8) is 0 Å². The van der Waals surface area contributed by atoms with E-state index in [9.17, 15) is 24.3 Å². The number of rotatable bonds is 12. The van der Waals surface area contributed by atoms with Gasteiger partial charge in [0.2, 0.25) is 12.7 Å². The van der Waals surface area contributed by atoms with E-state index in [1.54, 1.807) is 32.0 Å². The fourth-order valence-electron chi connectivity index (χ4n) is 5.68. The van der Waals surface area contributed by atoms with Crippen LogP contribution in [0.4, 0.5) is 4.79 Å². The maximum Gasteiger partial charge on any atom is 0.328 e. The molecule has 4 amide bonds. The number of aliphatic carboxylic acids is 1. The smallest absolute Gasteiger partial charge is 0.328 e. The molecule has 0 radical (unpaired) electrons. The van der Waals surface area contributed by atoms with E-state index in [1.165, 1.54) is 4.90 Å². The topological polar surface area (TPSA) is 125 Å². The number of hydrogen-bond donors (Lipinski definition) is 2. The van der Waals surface area contributed by atoms with Gasteiger partial charge in [0.1, 0.15) is 11.6 Å². The normalized spacial score (nSPS) is 16.7. The molecular formula is C36H39N3O7. The van der Waals surface area contributed by atoms with Gasteiger partial charge >= 0.3 is 12.0 Å². The molecule has 1 saturated heterocycles. The molecule has 240 valence electrons. The van der Waals surface area contributed by atoms with Crippen molar-refractivity contribution < 1.29 is 33.8 Å². The van der Waals surface area contributed by atoms with E-state index in [0.717, 1.165) is 21.6 Å². The molecule has 0 spiro atoms. The lowest BCUT2D eigenvalue weighted by Gasteiger charge is -2.29. The van der Waals surface area contributed by atoms with Gasteiger partial charge in [0, 0.05) is 6.54 Å². The van der Waals surface area contributed by atoms with Crippen LogP contribution in [-0.2, 0) is 20.9 Å². The molecule has 0 aliphatic carbocycles. The first kappa shape index (κ1) is 32.3. The van der Waals surface area contributed by atoms with Crippen molar-refractivity contribution in [2.24, 2.45) is 5.92 Å². The van der Waals surface area contributed by atoms with E-state index in [4.69, 9.17) is 9.47 Å². The van der Waals surface area contributed by atoms with Crippen LogP contribution in [0.1, 0.15) is 68.8 Å². The second-order valence-corrected chi connectivity index (χ2v) is 12.5.